The van der Waals surface area contributed by atoms with Crippen LogP contribution in [0, 0.1) is 0 Å². The molecule has 0 amide bonds. The average molecular weight is 541 g/mol. The molecule has 0 fully saturated rings. The van der Waals surface area contributed by atoms with E-state index in [1.807, 2.05) is 28.8 Å². The van der Waals surface area contributed by atoms with Crippen LogP contribution in [0.2, 0.25) is 0 Å². The van der Waals surface area contributed by atoms with Crippen LogP contribution in [0.1, 0.15) is 49.3 Å². The first-order valence-electron chi connectivity index (χ1n) is 11.5. The molecule has 0 aliphatic heterocycles. The van der Waals surface area contributed by atoms with Crippen molar-refractivity contribution in [3.63, 3.8) is 0 Å². The van der Waals surface area contributed by atoms with E-state index < -0.39 is 0 Å². The zero-order chi connectivity index (χ0) is 24.4. The van der Waals surface area contributed by atoms with E-state index in [-0.39, 0.29) is 5.56 Å². The highest BCUT2D eigenvalue weighted by Gasteiger charge is 2.20. The second-order valence-electron chi connectivity index (χ2n) is 8.24. The maximum Gasteiger partial charge on any atom is 0.287 e. The summed E-state index contributed by atoms with van der Waals surface area (Å²) in [7, 11) is 1.64. The highest BCUT2D eigenvalue weighted by atomic mass is 79.9. The Morgan fingerprint density at radius 1 is 1.14 bits per heavy atom. The number of aryl methyl sites for hydroxylation is 3. The molecule has 0 saturated carbocycles. The van der Waals surface area contributed by atoms with Gasteiger partial charge < -0.3 is 9.26 Å². The van der Waals surface area contributed by atoms with Gasteiger partial charge in [-0.1, -0.05) is 43.1 Å². The van der Waals surface area contributed by atoms with Crippen LogP contribution in [0.25, 0.3) is 16.9 Å². The van der Waals surface area contributed by atoms with Crippen molar-refractivity contribution in [2.24, 2.45) is 0 Å². The molecule has 11 nitrogen and oxygen atoms in total. The quantitative estimate of drug-likeness (QED) is 0.247. The van der Waals surface area contributed by atoms with Crippen molar-refractivity contribution >= 4 is 33.1 Å². The number of para-hydroxylation sites is 1. The van der Waals surface area contributed by atoms with Gasteiger partial charge in [0, 0.05) is 31.4 Å². The minimum atomic E-state index is -0.224. The van der Waals surface area contributed by atoms with Crippen LogP contribution in [-0.2, 0) is 25.8 Å². The summed E-state index contributed by atoms with van der Waals surface area (Å²) in [6, 6.07) is 7.73. The smallest absolute Gasteiger partial charge is 0.287 e. The van der Waals surface area contributed by atoms with Crippen LogP contribution in [-0.4, -0.2) is 45.0 Å². The van der Waals surface area contributed by atoms with Crippen molar-refractivity contribution in [3.8, 4) is 5.75 Å². The van der Waals surface area contributed by atoms with Crippen LogP contribution in [0.15, 0.2) is 39.9 Å². The molecular formula is C23H25BrN8O3. The normalized spacial score (nSPS) is 11.6. The van der Waals surface area contributed by atoms with Crippen molar-refractivity contribution in [1.82, 2.24) is 37.9 Å². The van der Waals surface area contributed by atoms with Crippen molar-refractivity contribution in [2.75, 3.05) is 7.11 Å². The number of unbranched alkanes of at least 4 members (excludes halogenated alkanes) is 2. The fraction of sp³-hybridized carbons (Fsp3) is 0.391. The Balaban J connectivity index is 1.41. The average Bonchev–Trinajstić information content (AvgIpc) is 3.59. The summed E-state index contributed by atoms with van der Waals surface area (Å²) in [5, 5.41) is 12.8. The molecule has 0 spiro atoms. The third kappa shape index (κ3) is 4.45. The van der Waals surface area contributed by atoms with Crippen LogP contribution in [0.4, 0.5) is 0 Å². The molecule has 1 aromatic carbocycles. The van der Waals surface area contributed by atoms with Crippen molar-refractivity contribution in [1.29, 1.82) is 0 Å². The Kier molecular flexibility index (Phi) is 6.62. The predicted octanol–water partition coefficient (Wildman–Crippen LogP) is 3.36. The fourth-order valence-corrected chi connectivity index (χ4v) is 4.59. The van der Waals surface area contributed by atoms with Crippen molar-refractivity contribution in [3.05, 3.63) is 64.0 Å². The van der Waals surface area contributed by atoms with E-state index in [1.54, 1.807) is 21.4 Å². The molecule has 0 N–H and O–H groups in total. The number of hydrogen-bond donors (Lipinski definition) is 0. The molecule has 0 saturated heterocycles. The summed E-state index contributed by atoms with van der Waals surface area (Å²) in [5.74, 6) is 2.85. The SMILES string of the molecule is CCCCCn1c2ncn(Br)c2c(=O)n2c(CCc3nc(Cc4ccccc4OC)no3)nnc12. The first kappa shape index (κ1) is 23.2. The number of aromatic nitrogens is 8. The van der Waals surface area contributed by atoms with E-state index in [1.165, 1.54) is 0 Å². The standard InChI is InChI=1S/C23H25BrN8O3/c1-3-4-7-12-30-21-20(31(24)14-25-21)22(33)32-18(27-28-23(30)32)10-11-19-26-17(29-35-19)13-15-8-5-6-9-16(15)34-2/h5-6,8-9,14H,3-4,7,10-13H2,1-2H3. The fourth-order valence-electron chi connectivity index (χ4n) is 4.18. The number of imidazole rings is 1. The van der Waals surface area contributed by atoms with Gasteiger partial charge in [0.05, 0.1) is 23.3 Å². The second-order valence-corrected chi connectivity index (χ2v) is 9.00. The Bertz CT molecular complexity index is 1530. The number of rotatable bonds is 10. The molecule has 0 aliphatic carbocycles. The number of ether oxygens (including phenoxy) is 1. The van der Waals surface area contributed by atoms with E-state index >= 15 is 0 Å². The molecule has 12 heteroatoms. The van der Waals surface area contributed by atoms with E-state index in [0.717, 1.165) is 30.6 Å². The Hall–Kier alpha value is -3.54. The number of nitrogens with zero attached hydrogens (tertiary/aromatic N) is 8. The molecule has 0 aliphatic rings. The molecule has 5 aromatic rings. The van der Waals surface area contributed by atoms with Gasteiger partial charge in [0.15, 0.2) is 17.0 Å². The van der Waals surface area contributed by atoms with Gasteiger partial charge in [-0.05, 0) is 12.5 Å². The maximum absolute atomic E-state index is 13.3. The molecule has 4 aromatic heterocycles. The van der Waals surface area contributed by atoms with Gasteiger partial charge in [-0.15, -0.1) is 10.2 Å². The molecule has 5 rings (SSSR count). The van der Waals surface area contributed by atoms with Gasteiger partial charge in [0.1, 0.15) is 17.9 Å². The third-order valence-electron chi connectivity index (χ3n) is 5.92. The summed E-state index contributed by atoms with van der Waals surface area (Å²) >= 11 is 3.39. The predicted molar refractivity (Wildman–Crippen MR) is 132 cm³/mol. The van der Waals surface area contributed by atoms with Gasteiger partial charge in [-0.25, -0.2) is 9.38 Å². The molecule has 182 valence electrons. The number of fused-ring (bicyclic) bond motifs is 2. The van der Waals surface area contributed by atoms with Gasteiger partial charge in [0.2, 0.25) is 11.7 Å². The van der Waals surface area contributed by atoms with Crippen LogP contribution >= 0.6 is 16.1 Å². The lowest BCUT2D eigenvalue weighted by Crippen LogP contribution is -2.22. The molecule has 0 atom stereocenters. The van der Waals surface area contributed by atoms with Crippen LogP contribution < -0.4 is 10.3 Å². The van der Waals surface area contributed by atoms with E-state index in [9.17, 15) is 4.79 Å². The third-order valence-corrected chi connectivity index (χ3v) is 6.46. The summed E-state index contributed by atoms with van der Waals surface area (Å²) in [6.07, 6.45) is 6.05. The highest BCUT2D eigenvalue weighted by molar-refractivity contribution is 9.08. The topological polar surface area (TPSA) is 118 Å². The lowest BCUT2D eigenvalue weighted by molar-refractivity contribution is 0.372. The first-order chi connectivity index (χ1) is 17.1. The zero-order valence-electron chi connectivity index (χ0n) is 19.5. The number of halogens is 1. The van der Waals surface area contributed by atoms with Crippen molar-refractivity contribution in [2.45, 2.75) is 52.0 Å². The van der Waals surface area contributed by atoms with E-state index in [2.05, 4.69) is 48.4 Å². The lowest BCUT2D eigenvalue weighted by atomic mass is 10.1. The summed E-state index contributed by atoms with van der Waals surface area (Å²) in [5.41, 5.74) is 1.79. The number of methoxy groups -OCH3 is 1. The van der Waals surface area contributed by atoms with Crippen molar-refractivity contribution < 1.29 is 9.26 Å². The summed E-state index contributed by atoms with van der Waals surface area (Å²) < 4.78 is 15.9. The minimum Gasteiger partial charge on any atom is -0.496 e. The van der Waals surface area contributed by atoms with Gasteiger partial charge in [-0.3, -0.25) is 13.0 Å². The molecule has 35 heavy (non-hydrogen) atoms. The second kappa shape index (κ2) is 9.98. The summed E-state index contributed by atoms with van der Waals surface area (Å²) in [4.78, 5) is 22.3. The minimum absolute atomic E-state index is 0.224. The van der Waals surface area contributed by atoms with Crippen LogP contribution in [0.5, 0.6) is 5.75 Å². The Labute approximate surface area is 209 Å². The number of hydrogen-bond acceptors (Lipinski definition) is 8. The van der Waals surface area contributed by atoms with E-state index in [0.29, 0.717) is 60.3 Å². The molecule has 4 heterocycles. The Morgan fingerprint density at radius 2 is 2.00 bits per heavy atom. The monoisotopic (exact) mass is 540 g/mol. The Morgan fingerprint density at radius 3 is 2.83 bits per heavy atom. The molecule has 0 bridgehead atoms. The lowest BCUT2D eigenvalue weighted by Gasteiger charge is -2.09. The largest absolute Gasteiger partial charge is 0.496 e. The van der Waals surface area contributed by atoms with Gasteiger partial charge in [0.25, 0.3) is 5.56 Å². The number of benzene rings is 1. The van der Waals surface area contributed by atoms with E-state index in [4.69, 9.17) is 9.26 Å². The van der Waals surface area contributed by atoms with Crippen LogP contribution in [0.3, 0.4) is 0 Å². The molecule has 0 radical (unpaired) electrons. The highest BCUT2D eigenvalue weighted by Crippen LogP contribution is 2.20. The van der Waals surface area contributed by atoms with Gasteiger partial charge >= 0.3 is 0 Å². The molecule has 0 unspecified atom stereocenters. The first-order valence-corrected chi connectivity index (χ1v) is 12.2. The molecular weight excluding hydrogens is 516 g/mol. The van der Waals surface area contributed by atoms with Gasteiger partial charge in [-0.2, -0.15) is 4.98 Å². The maximum atomic E-state index is 13.3. The zero-order valence-corrected chi connectivity index (χ0v) is 21.1. The summed E-state index contributed by atoms with van der Waals surface area (Å²) in [6.45, 7) is 2.85.